The molecule has 2 unspecified atom stereocenters. The van der Waals surface area contributed by atoms with E-state index in [1.54, 1.807) is 36.6 Å². The van der Waals surface area contributed by atoms with Gasteiger partial charge in [0, 0.05) is 0 Å². The molecule has 5 heteroatoms. The van der Waals surface area contributed by atoms with Crippen molar-refractivity contribution in [2.45, 2.75) is 86.8 Å². The van der Waals surface area contributed by atoms with Crippen molar-refractivity contribution in [3.05, 3.63) is 81.9 Å². The number of benzene rings is 2. The van der Waals surface area contributed by atoms with E-state index in [1.807, 2.05) is 10.4 Å². The van der Waals surface area contributed by atoms with E-state index in [4.69, 9.17) is 0 Å². The summed E-state index contributed by atoms with van der Waals surface area (Å²) in [4.78, 5) is 0. The van der Waals surface area contributed by atoms with Crippen LogP contribution in [0.2, 0.25) is 24.2 Å². The van der Waals surface area contributed by atoms with E-state index < -0.39 is 38.9 Å². The summed E-state index contributed by atoms with van der Waals surface area (Å²) in [5, 5.41) is 3.68. The van der Waals surface area contributed by atoms with Crippen LogP contribution >= 0.6 is 0 Å². The number of hydrogen-bond donors (Lipinski definition) is 0. The molecule has 0 fully saturated rings. The molecule has 0 aliphatic heterocycles. The van der Waals surface area contributed by atoms with Gasteiger partial charge in [0.1, 0.15) is 0 Å². The number of hydrogen-bond acceptors (Lipinski definition) is 0. The molecule has 2 atom stereocenters. The Kier molecular flexibility index (Phi) is 12.1. The van der Waals surface area contributed by atoms with Gasteiger partial charge in [-0.25, -0.2) is 0 Å². The van der Waals surface area contributed by atoms with Gasteiger partial charge in [-0.15, -0.1) is 0 Å². The third kappa shape index (κ3) is 5.39. The van der Waals surface area contributed by atoms with Crippen LogP contribution in [0.4, 0.5) is 0 Å². The number of fused-ring (bicyclic) bond motifs is 2. The van der Waals surface area contributed by atoms with Crippen LogP contribution in [0, 0.1) is 0 Å². The Hall–Kier alpha value is -0.313. The predicted molar refractivity (Wildman–Crippen MR) is 156 cm³/mol. The summed E-state index contributed by atoms with van der Waals surface area (Å²) in [6.07, 6.45) is 0. The van der Waals surface area contributed by atoms with Crippen LogP contribution in [0.3, 0.4) is 0 Å². The first kappa shape index (κ1) is 31.9. The van der Waals surface area contributed by atoms with Gasteiger partial charge in [-0.3, -0.25) is 0 Å². The van der Waals surface area contributed by atoms with E-state index in [9.17, 15) is 0 Å². The van der Waals surface area contributed by atoms with Crippen LogP contribution in [0.5, 0.6) is 0 Å². The Morgan fingerprint density at radius 1 is 0.639 bits per heavy atom. The summed E-state index contributed by atoms with van der Waals surface area (Å²) in [7, 11) is -1.82. The molecule has 0 spiro atoms. The van der Waals surface area contributed by atoms with Gasteiger partial charge in [0.25, 0.3) is 0 Å². The summed E-state index contributed by atoms with van der Waals surface area (Å²) in [6.45, 7) is 19.9. The Morgan fingerprint density at radius 2 is 0.972 bits per heavy atom. The summed E-state index contributed by atoms with van der Waals surface area (Å²) in [5.74, 6) is 0. The largest absolute Gasteiger partial charge is 1.00 e. The molecule has 36 heavy (non-hydrogen) atoms. The topological polar surface area (TPSA) is 0 Å². The van der Waals surface area contributed by atoms with Crippen molar-refractivity contribution >= 4 is 31.2 Å². The van der Waals surface area contributed by atoms with Crippen LogP contribution in [0.1, 0.15) is 84.9 Å². The number of rotatable bonds is 8. The van der Waals surface area contributed by atoms with E-state index >= 15 is 0 Å². The molecular weight excluding hydrogens is 591 g/mol. The van der Waals surface area contributed by atoms with E-state index in [0.717, 1.165) is 0 Å². The Bertz CT molecular complexity index is 1080. The molecule has 0 N–H and O–H groups in total. The molecule has 2 aromatic carbocycles. The van der Waals surface area contributed by atoms with Gasteiger partial charge in [-0.1, -0.05) is 0 Å². The standard InChI is InChI=1S/2C14H19Si.C3H6.2ClH.Zr/c2*1-4-15(5-2)14-11(3)10-12-8-6-7-9-13(12)14;1-3-2;;;/h2*6-10,15H,4-5H2,1-3H3;1-2H3;2*1H;/q;;;;;+2/p-2. The molecule has 2 aliphatic rings. The number of halogens is 2. The first-order chi connectivity index (χ1) is 16.4. The normalized spacial score (nSPS) is 18.0. The predicted octanol–water partition coefficient (Wildman–Crippen LogP) is 2.49. The molecule has 2 aromatic rings. The van der Waals surface area contributed by atoms with Gasteiger partial charge in [0.15, 0.2) is 0 Å². The average molecular weight is 635 g/mol. The van der Waals surface area contributed by atoms with Gasteiger partial charge in [0.05, 0.1) is 0 Å². The quantitative estimate of drug-likeness (QED) is 0.392. The minimum Gasteiger partial charge on any atom is -1.00 e. The molecule has 0 bridgehead atoms. The van der Waals surface area contributed by atoms with E-state index in [-0.39, 0.29) is 24.8 Å². The first-order valence-corrected chi connectivity index (χ1v) is 22.2. The van der Waals surface area contributed by atoms with Crippen LogP contribution in [0.25, 0.3) is 10.4 Å². The SMILES string of the molecule is CC[SiH](CC)C1=C(C)[CH]([Zr+2](=[C](C)C)[CH]2C(C)=C([SiH](CC)CC)c3ccccc32)c2ccccc21.[Cl-].[Cl-]. The average Bonchev–Trinajstić information content (AvgIpc) is 3.29. The van der Waals surface area contributed by atoms with Crippen LogP contribution in [0.15, 0.2) is 59.7 Å². The van der Waals surface area contributed by atoms with Gasteiger partial charge in [-0.2, -0.15) is 0 Å². The fourth-order valence-corrected chi connectivity index (χ4v) is 23.4. The van der Waals surface area contributed by atoms with Crippen molar-refractivity contribution in [1.29, 1.82) is 0 Å². The van der Waals surface area contributed by atoms with Crippen molar-refractivity contribution in [3.8, 4) is 0 Å². The first-order valence-electron chi connectivity index (χ1n) is 13.7. The van der Waals surface area contributed by atoms with Crippen molar-refractivity contribution in [1.82, 2.24) is 0 Å². The second-order valence-electron chi connectivity index (χ2n) is 10.7. The maximum absolute atomic E-state index is 2.55. The Morgan fingerprint density at radius 3 is 1.28 bits per heavy atom. The molecule has 0 amide bonds. The second-order valence-corrected chi connectivity index (χ2v) is 25.5. The Labute approximate surface area is 244 Å². The van der Waals surface area contributed by atoms with Crippen LogP contribution in [-0.4, -0.2) is 20.8 Å². The third-order valence-corrected chi connectivity index (χ3v) is 25.5. The monoisotopic (exact) mass is 632 g/mol. The molecule has 0 radical (unpaired) electrons. The fraction of sp³-hybridized carbons (Fsp3) is 0.452. The van der Waals surface area contributed by atoms with E-state index in [1.165, 1.54) is 24.2 Å². The minimum absolute atomic E-state index is 0. The van der Waals surface area contributed by atoms with Crippen molar-refractivity contribution in [3.63, 3.8) is 0 Å². The zero-order valence-corrected chi connectivity index (χ0v) is 29.8. The molecule has 2 aliphatic carbocycles. The maximum atomic E-state index is 2.55. The third-order valence-electron chi connectivity index (χ3n) is 8.83. The molecular formula is C31H44Cl2Si2Zr. The van der Waals surface area contributed by atoms with Gasteiger partial charge >= 0.3 is 221 Å². The van der Waals surface area contributed by atoms with Crippen LogP contribution in [-0.2, 0) is 21.3 Å². The van der Waals surface area contributed by atoms with Gasteiger partial charge in [0.2, 0.25) is 0 Å². The zero-order valence-electron chi connectivity index (χ0n) is 23.5. The fourth-order valence-electron chi connectivity index (χ4n) is 7.21. The maximum Gasteiger partial charge on any atom is -1.00 e. The number of allylic oxidation sites excluding steroid dienone is 2. The van der Waals surface area contributed by atoms with E-state index in [0.29, 0.717) is 7.25 Å². The van der Waals surface area contributed by atoms with Gasteiger partial charge in [-0.05, 0) is 0 Å². The summed E-state index contributed by atoms with van der Waals surface area (Å²) >= 11 is -2.15. The zero-order chi connectivity index (χ0) is 24.6. The van der Waals surface area contributed by atoms with Crippen LogP contribution < -0.4 is 24.8 Å². The summed E-state index contributed by atoms with van der Waals surface area (Å²) in [6, 6.07) is 24.7. The molecule has 4 rings (SSSR count). The summed E-state index contributed by atoms with van der Waals surface area (Å²) < 4.78 is 3.21. The minimum atomic E-state index is -2.15. The summed E-state index contributed by atoms with van der Waals surface area (Å²) in [5.41, 5.74) is 10.3. The molecule has 194 valence electrons. The van der Waals surface area contributed by atoms with Crippen molar-refractivity contribution < 1.29 is 46.1 Å². The van der Waals surface area contributed by atoms with Crippen molar-refractivity contribution in [2.75, 3.05) is 0 Å². The Balaban J connectivity index is 0.00000228. The van der Waals surface area contributed by atoms with E-state index in [2.05, 4.69) is 104 Å². The molecule has 0 saturated heterocycles. The smallest absolute Gasteiger partial charge is 1.00 e. The molecule has 0 heterocycles. The molecule has 0 nitrogen and oxygen atoms in total. The molecule has 0 aromatic heterocycles. The second kappa shape index (κ2) is 13.7. The van der Waals surface area contributed by atoms with Gasteiger partial charge < -0.3 is 24.8 Å². The van der Waals surface area contributed by atoms with Crippen molar-refractivity contribution in [2.24, 2.45) is 0 Å². The molecule has 0 saturated carbocycles.